The van der Waals surface area contributed by atoms with Gasteiger partial charge in [0.2, 0.25) is 0 Å². The van der Waals surface area contributed by atoms with Crippen LogP contribution in [0, 0.1) is 0 Å². The maximum Gasteiger partial charge on any atom is 0.142 e. The van der Waals surface area contributed by atoms with E-state index in [1.165, 1.54) is 77.0 Å². The van der Waals surface area contributed by atoms with Crippen LogP contribution in [-0.4, -0.2) is 5.54 Å². The molecule has 11 aromatic rings. The molecule has 9 aromatic carbocycles. The van der Waals surface area contributed by atoms with E-state index in [-0.39, 0.29) is 5.92 Å². The Kier molecular flexibility index (Phi) is 7.23. The van der Waals surface area contributed by atoms with E-state index in [9.17, 15) is 0 Å². The first kappa shape index (κ1) is 36.8. The average Bonchev–Trinajstić information content (AvgIpc) is 3.95. The summed E-state index contributed by atoms with van der Waals surface area (Å²) >= 11 is 0. The summed E-state index contributed by atoms with van der Waals surface area (Å²) in [4.78, 5) is 2.61. The van der Waals surface area contributed by atoms with Gasteiger partial charge in [0.05, 0.1) is 5.54 Å². The minimum Gasteiger partial charge on any atom is -0.459 e. The van der Waals surface area contributed by atoms with Crippen LogP contribution in [0.15, 0.2) is 214 Å². The summed E-state index contributed by atoms with van der Waals surface area (Å²) in [7, 11) is 0. The van der Waals surface area contributed by atoms with Crippen LogP contribution < -0.4 is 4.90 Å². The summed E-state index contributed by atoms with van der Waals surface area (Å²) in [5.74, 6) is 1.00. The normalized spacial score (nSPS) is 22.3. The highest BCUT2D eigenvalue weighted by Crippen LogP contribution is 2.67. The van der Waals surface area contributed by atoms with Gasteiger partial charge in [-0.3, -0.25) is 0 Å². The van der Waals surface area contributed by atoms with Crippen LogP contribution in [0.4, 0.5) is 11.4 Å². The molecule has 65 heavy (non-hydrogen) atoms. The number of anilines is 2. The Morgan fingerprint density at radius 2 is 1.11 bits per heavy atom. The highest BCUT2D eigenvalue weighted by molar-refractivity contribution is 6.10. The highest BCUT2D eigenvalue weighted by atomic mass is 16.3. The van der Waals surface area contributed by atoms with Crippen LogP contribution in [0.5, 0.6) is 0 Å². The van der Waals surface area contributed by atoms with Gasteiger partial charge in [-0.15, -0.1) is 0 Å². The number of benzene rings is 9. The van der Waals surface area contributed by atoms with Gasteiger partial charge in [-0.25, -0.2) is 0 Å². The Morgan fingerprint density at radius 3 is 1.95 bits per heavy atom. The molecule has 2 aliphatic carbocycles. The lowest BCUT2D eigenvalue weighted by molar-refractivity contribution is 0.401. The lowest BCUT2D eigenvalue weighted by Gasteiger charge is -2.60. The van der Waals surface area contributed by atoms with Crippen molar-refractivity contribution in [3.05, 3.63) is 228 Å². The van der Waals surface area contributed by atoms with E-state index in [2.05, 4.69) is 227 Å². The first-order valence-corrected chi connectivity index (χ1v) is 23.0. The van der Waals surface area contributed by atoms with Crippen LogP contribution in [0.2, 0.25) is 0 Å². The zero-order chi connectivity index (χ0) is 43.4. The van der Waals surface area contributed by atoms with E-state index in [1.54, 1.807) is 0 Å². The number of fused-ring (bicyclic) bond motifs is 14. The lowest BCUT2D eigenvalue weighted by atomic mass is 9.49. The van der Waals surface area contributed by atoms with Crippen molar-refractivity contribution in [2.45, 2.75) is 50.0 Å². The Hall–Kier alpha value is -7.62. The molecule has 3 heteroatoms. The van der Waals surface area contributed by atoms with Gasteiger partial charge < -0.3 is 13.7 Å². The van der Waals surface area contributed by atoms with Gasteiger partial charge in [-0.05, 0) is 106 Å². The largest absolute Gasteiger partial charge is 0.459 e. The lowest BCUT2D eigenvalue weighted by Crippen LogP contribution is -2.59. The molecule has 0 saturated carbocycles. The molecular weight excluding hydrogens is 791 g/mol. The first-order valence-electron chi connectivity index (χ1n) is 23.0. The van der Waals surface area contributed by atoms with E-state index in [1.807, 2.05) is 0 Å². The highest BCUT2D eigenvalue weighted by Gasteiger charge is 2.61. The Morgan fingerprint density at radius 1 is 0.477 bits per heavy atom. The molecule has 310 valence electrons. The van der Waals surface area contributed by atoms with Crippen molar-refractivity contribution in [2.75, 3.05) is 4.90 Å². The molecule has 3 nitrogen and oxygen atoms in total. The fourth-order valence-electron chi connectivity index (χ4n) is 13.0. The monoisotopic (exact) mass is 835 g/mol. The maximum atomic E-state index is 7.35. The van der Waals surface area contributed by atoms with Gasteiger partial charge >= 0.3 is 0 Å². The summed E-state index contributed by atoms with van der Waals surface area (Å²) in [6, 6.07) is 66.8. The molecular formula is C62H45NO2. The molecule has 0 spiro atoms. The number of nitrogens with zero attached hydrogens (tertiary/aromatic N) is 1. The third kappa shape index (κ3) is 4.70. The molecule has 0 radical (unpaired) electrons. The summed E-state index contributed by atoms with van der Waals surface area (Å²) in [6.07, 6.45) is 5.00. The third-order valence-corrected chi connectivity index (χ3v) is 15.8. The van der Waals surface area contributed by atoms with Crippen LogP contribution in [-0.2, 0) is 10.8 Å². The average molecular weight is 836 g/mol. The Balaban J connectivity index is 1.02. The Bertz CT molecular complexity index is 3920. The van der Waals surface area contributed by atoms with Crippen molar-refractivity contribution in [1.82, 2.24) is 0 Å². The zero-order valence-corrected chi connectivity index (χ0v) is 36.8. The summed E-state index contributed by atoms with van der Waals surface area (Å²) in [5.41, 5.74) is 12.4. The van der Waals surface area contributed by atoms with Crippen LogP contribution in [0.25, 0.3) is 76.4 Å². The fourth-order valence-corrected chi connectivity index (χ4v) is 13.0. The van der Waals surface area contributed by atoms with Crippen molar-refractivity contribution in [3.8, 4) is 11.1 Å². The van der Waals surface area contributed by atoms with Crippen LogP contribution in [0.3, 0.4) is 0 Å². The maximum absolute atomic E-state index is 7.35. The van der Waals surface area contributed by atoms with Crippen molar-refractivity contribution in [2.24, 2.45) is 0 Å². The first-order chi connectivity index (χ1) is 31.8. The topological polar surface area (TPSA) is 29.5 Å². The van der Waals surface area contributed by atoms with Gasteiger partial charge in [0.25, 0.3) is 0 Å². The van der Waals surface area contributed by atoms with Crippen LogP contribution >= 0.6 is 0 Å². The smallest absolute Gasteiger partial charge is 0.142 e. The molecule has 3 heterocycles. The van der Waals surface area contributed by atoms with Crippen molar-refractivity contribution in [1.29, 1.82) is 0 Å². The SMILES string of the molecule is CC1C2=C3C(C)(c4ccccc4N(c4ccc(-c5ccc6c(ccc7ccccc76)c5)cc4)C3(C)C=CC2(C)c2cccc3c2oc2ccccc23)c2c1oc1c2ccc2ccccc21. The fraction of sp³-hybridized carbons (Fsp3) is 0.129. The van der Waals surface area contributed by atoms with Gasteiger partial charge in [0, 0.05) is 60.8 Å². The number of hydrogen-bond acceptors (Lipinski definition) is 3. The minimum absolute atomic E-state index is 0.0485. The molecule has 2 aromatic heterocycles. The minimum atomic E-state index is -0.558. The predicted molar refractivity (Wildman–Crippen MR) is 270 cm³/mol. The van der Waals surface area contributed by atoms with Crippen molar-refractivity contribution in [3.63, 3.8) is 0 Å². The summed E-state index contributed by atoms with van der Waals surface area (Å²) < 4.78 is 14.2. The van der Waals surface area contributed by atoms with Gasteiger partial charge in [0.15, 0.2) is 0 Å². The van der Waals surface area contributed by atoms with Gasteiger partial charge in [-0.2, -0.15) is 0 Å². The molecule has 4 unspecified atom stereocenters. The van der Waals surface area contributed by atoms with E-state index < -0.39 is 16.4 Å². The molecule has 14 rings (SSSR count). The molecule has 0 bridgehead atoms. The van der Waals surface area contributed by atoms with Crippen LogP contribution in [0.1, 0.15) is 56.1 Å². The molecule has 0 saturated heterocycles. The molecule has 3 aliphatic rings. The number of allylic oxidation sites excluding steroid dienone is 2. The van der Waals surface area contributed by atoms with Gasteiger partial charge in [0.1, 0.15) is 22.5 Å². The molecule has 0 N–H and O–H groups in total. The van der Waals surface area contributed by atoms with E-state index >= 15 is 0 Å². The standard InChI is InChI=1S/C62H45NO2/c1-37-54-59-61(3,35-34-60(54,2)51-21-13-19-48-47-18-9-12-23-53(47)64-58(48)51)63(43-30-26-38(27-31-43)41-29-32-45-42(36-41)25-24-39-14-5-7-16-44(39)45)52-22-11-10-20-50(52)62(59,4)55-49-33-28-40-15-6-8-17-46(40)57(49)65-56(37)55/h5-37H,1-4H3. The predicted octanol–water partition coefficient (Wildman–Crippen LogP) is 16.6. The van der Waals surface area contributed by atoms with E-state index in [0.29, 0.717) is 0 Å². The second kappa shape index (κ2) is 12.8. The quantitative estimate of drug-likeness (QED) is 0.131. The molecule has 1 aliphatic heterocycles. The summed E-state index contributed by atoms with van der Waals surface area (Å²) in [5, 5.41) is 10.9. The molecule has 0 fully saturated rings. The molecule has 4 atom stereocenters. The van der Waals surface area contributed by atoms with E-state index in [4.69, 9.17) is 8.83 Å². The van der Waals surface area contributed by atoms with Crippen molar-refractivity contribution >= 4 is 76.6 Å². The number of rotatable bonds is 3. The van der Waals surface area contributed by atoms with Crippen molar-refractivity contribution < 1.29 is 8.83 Å². The van der Waals surface area contributed by atoms with E-state index in [0.717, 1.165) is 44.4 Å². The zero-order valence-electron chi connectivity index (χ0n) is 36.8. The van der Waals surface area contributed by atoms with Gasteiger partial charge in [-0.1, -0.05) is 171 Å². The third-order valence-electron chi connectivity index (χ3n) is 15.8. The second-order valence-electron chi connectivity index (χ2n) is 19.2. The number of para-hydroxylation sites is 3. The summed E-state index contributed by atoms with van der Waals surface area (Å²) in [6.45, 7) is 9.73. The molecule has 0 amide bonds. The number of hydrogen-bond donors (Lipinski definition) is 0. The second-order valence-corrected chi connectivity index (χ2v) is 19.2. The Labute approximate surface area is 377 Å². The number of furan rings is 2.